The molecule has 19 heavy (non-hydrogen) atoms. The Morgan fingerprint density at radius 2 is 1.84 bits per heavy atom. The summed E-state index contributed by atoms with van der Waals surface area (Å²) in [6.45, 7) is 4.64. The number of hydrogen-bond acceptors (Lipinski definition) is 3. The maximum absolute atomic E-state index is 12.4. The molecule has 2 fully saturated rings. The van der Waals surface area contributed by atoms with Gasteiger partial charge in [0, 0.05) is 18.6 Å². The van der Waals surface area contributed by atoms with Crippen LogP contribution in [0.1, 0.15) is 25.7 Å². The molecule has 0 unspecified atom stereocenters. The summed E-state index contributed by atoms with van der Waals surface area (Å²) < 4.78 is 37.1. The highest BCUT2D eigenvalue weighted by molar-refractivity contribution is 4.97. The average molecular weight is 279 g/mol. The van der Waals surface area contributed by atoms with Gasteiger partial charge in [-0.2, -0.15) is 13.2 Å². The van der Waals surface area contributed by atoms with Crippen molar-refractivity contribution in [3.63, 3.8) is 0 Å². The summed E-state index contributed by atoms with van der Waals surface area (Å²) >= 11 is 0. The van der Waals surface area contributed by atoms with Gasteiger partial charge in [0.2, 0.25) is 0 Å². The summed E-state index contributed by atoms with van der Waals surface area (Å²) in [5.41, 5.74) is 0.0767. The maximum atomic E-state index is 12.4. The second-order valence-corrected chi connectivity index (χ2v) is 5.89. The fourth-order valence-corrected chi connectivity index (χ4v) is 3.29. The lowest BCUT2D eigenvalue weighted by Crippen LogP contribution is -2.57. The summed E-state index contributed by atoms with van der Waals surface area (Å²) in [5.74, 6) is 0. The molecule has 2 heterocycles. The molecule has 0 bridgehead atoms. The Morgan fingerprint density at radius 3 is 2.47 bits per heavy atom. The lowest BCUT2D eigenvalue weighted by molar-refractivity contribution is -0.138. The molecule has 0 saturated carbocycles. The summed E-state index contributed by atoms with van der Waals surface area (Å²) in [6.07, 6.45) is -1.70. The molecular formula is C13H24F3N3. The standard InChI is InChI=1S/C13H24F3N3/c1-18-8-2-9-19(10-5-13(14,15)16)11-12(18)3-6-17-7-4-12/h17H,2-11H2,1H3. The fourth-order valence-electron chi connectivity index (χ4n) is 3.29. The minimum Gasteiger partial charge on any atom is -0.317 e. The van der Waals surface area contributed by atoms with Gasteiger partial charge in [0.05, 0.1) is 6.42 Å². The first-order valence-electron chi connectivity index (χ1n) is 7.12. The van der Waals surface area contributed by atoms with Gasteiger partial charge in [-0.25, -0.2) is 0 Å². The van der Waals surface area contributed by atoms with Crippen molar-refractivity contribution >= 4 is 0 Å². The first-order chi connectivity index (χ1) is 8.91. The normalized spacial score (nSPS) is 26.5. The Balaban J connectivity index is 1.98. The Labute approximate surface area is 113 Å². The Morgan fingerprint density at radius 1 is 1.16 bits per heavy atom. The van der Waals surface area contributed by atoms with Crippen molar-refractivity contribution in [1.82, 2.24) is 15.1 Å². The highest BCUT2D eigenvalue weighted by atomic mass is 19.4. The van der Waals surface area contributed by atoms with E-state index in [-0.39, 0.29) is 12.1 Å². The zero-order chi connectivity index (χ0) is 13.9. The van der Waals surface area contributed by atoms with Crippen molar-refractivity contribution in [1.29, 1.82) is 0 Å². The Bertz CT molecular complexity index is 287. The molecule has 0 aliphatic carbocycles. The van der Waals surface area contributed by atoms with Gasteiger partial charge in [-0.05, 0) is 52.5 Å². The molecule has 3 nitrogen and oxygen atoms in total. The number of halogens is 3. The van der Waals surface area contributed by atoms with Crippen LogP contribution in [0, 0.1) is 0 Å². The van der Waals surface area contributed by atoms with E-state index in [2.05, 4.69) is 17.3 Å². The average Bonchev–Trinajstić information content (AvgIpc) is 2.49. The summed E-state index contributed by atoms with van der Waals surface area (Å²) in [7, 11) is 2.12. The summed E-state index contributed by atoms with van der Waals surface area (Å²) in [6, 6.07) is 0. The van der Waals surface area contributed by atoms with Crippen LogP contribution in [0.25, 0.3) is 0 Å². The van der Waals surface area contributed by atoms with Gasteiger partial charge in [-0.1, -0.05) is 0 Å². The van der Waals surface area contributed by atoms with Crippen LogP contribution in [-0.2, 0) is 0 Å². The monoisotopic (exact) mass is 279 g/mol. The zero-order valence-electron chi connectivity index (χ0n) is 11.6. The van der Waals surface area contributed by atoms with Gasteiger partial charge in [-0.15, -0.1) is 0 Å². The van der Waals surface area contributed by atoms with Crippen LogP contribution in [0.4, 0.5) is 13.2 Å². The number of piperidine rings is 1. The fraction of sp³-hybridized carbons (Fsp3) is 1.00. The first kappa shape index (κ1) is 15.1. The second kappa shape index (κ2) is 5.97. The molecule has 1 spiro atoms. The molecule has 0 aromatic rings. The molecule has 2 aliphatic rings. The minimum atomic E-state index is -4.04. The smallest absolute Gasteiger partial charge is 0.317 e. The highest BCUT2D eigenvalue weighted by Gasteiger charge is 2.39. The number of hydrogen-bond donors (Lipinski definition) is 1. The van der Waals surface area contributed by atoms with E-state index in [0.29, 0.717) is 0 Å². The number of nitrogens with zero attached hydrogens (tertiary/aromatic N) is 2. The van der Waals surface area contributed by atoms with Gasteiger partial charge in [0.25, 0.3) is 0 Å². The number of nitrogens with one attached hydrogen (secondary N) is 1. The number of likely N-dealkylation sites (N-methyl/N-ethyl adjacent to an activating group) is 1. The van der Waals surface area contributed by atoms with Gasteiger partial charge >= 0.3 is 6.18 Å². The minimum absolute atomic E-state index is 0.0767. The molecule has 112 valence electrons. The second-order valence-electron chi connectivity index (χ2n) is 5.89. The predicted octanol–water partition coefficient (Wildman–Crippen LogP) is 1.70. The van der Waals surface area contributed by atoms with E-state index in [1.54, 1.807) is 0 Å². The van der Waals surface area contributed by atoms with E-state index in [1.807, 2.05) is 4.90 Å². The lowest BCUT2D eigenvalue weighted by Gasteiger charge is -2.45. The molecule has 0 aromatic carbocycles. The van der Waals surface area contributed by atoms with Gasteiger partial charge < -0.3 is 10.2 Å². The van der Waals surface area contributed by atoms with E-state index >= 15 is 0 Å². The van der Waals surface area contributed by atoms with E-state index in [4.69, 9.17) is 0 Å². The van der Waals surface area contributed by atoms with Crippen molar-refractivity contribution in [3.05, 3.63) is 0 Å². The third kappa shape index (κ3) is 4.07. The Hall–Kier alpha value is -0.330. The van der Waals surface area contributed by atoms with Crippen molar-refractivity contribution in [2.45, 2.75) is 37.4 Å². The SMILES string of the molecule is CN1CCCN(CCC(F)(F)F)CC12CCNCC2. The number of alkyl halides is 3. The van der Waals surface area contributed by atoms with Crippen LogP contribution in [0.2, 0.25) is 0 Å². The van der Waals surface area contributed by atoms with E-state index in [0.717, 1.165) is 52.0 Å². The van der Waals surface area contributed by atoms with Gasteiger partial charge in [0.15, 0.2) is 0 Å². The maximum Gasteiger partial charge on any atom is 0.390 e. The molecular weight excluding hydrogens is 255 g/mol. The van der Waals surface area contributed by atoms with Crippen molar-refractivity contribution in [3.8, 4) is 0 Å². The summed E-state index contributed by atoms with van der Waals surface area (Å²) in [4.78, 5) is 4.39. The third-order valence-corrected chi connectivity index (χ3v) is 4.54. The molecule has 0 radical (unpaired) electrons. The molecule has 1 N–H and O–H groups in total. The van der Waals surface area contributed by atoms with Gasteiger partial charge in [0.1, 0.15) is 0 Å². The molecule has 6 heteroatoms. The van der Waals surface area contributed by atoms with Crippen LogP contribution < -0.4 is 5.32 Å². The van der Waals surface area contributed by atoms with E-state index in [9.17, 15) is 13.2 Å². The van der Waals surface area contributed by atoms with E-state index < -0.39 is 12.6 Å². The zero-order valence-corrected chi connectivity index (χ0v) is 11.6. The quantitative estimate of drug-likeness (QED) is 0.830. The molecule has 0 atom stereocenters. The molecule has 2 rings (SSSR count). The largest absolute Gasteiger partial charge is 0.390 e. The molecule has 0 amide bonds. The van der Waals surface area contributed by atoms with Crippen LogP contribution >= 0.6 is 0 Å². The predicted molar refractivity (Wildman–Crippen MR) is 69.2 cm³/mol. The topological polar surface area (TPSA) is 18.5 Å². The van der Waals surface area contributed by atoms with Gasteiger partial charge in [-0.3, -0.25) is 4.90 Å². The third-order valence-electron chi connectivity index (χ3n) is 4.54. The van der Waals surface area contributed by atoms with Crippen LogP contribution in [-0.4, -0.2) is 67.8 Å². The molecule has 0 aromatic heterocycles. The van der Waals surface area contributed by atoms with Crippen molar-refractivity contribution in [2.24, 2.45) is 0 Å². The van der Waals surface area contributed by atoms with Crippen LogP contribution in [0.15, 0.2) is 0 Å². The van der Waals surface area contributed by atoms with Crippen LogP contribution in [0.5, 0.6) is 0 Å². The van der Waals surface area contributed by atoms with Crippen LogP contribution in [0.3, 0.4) is 0 Å². The highest BCUT2D eigenvalue weighted by Crippen LogP contribution is 2.29. The van der Waals surface area contributed by atoms with Crippen molar-refractivity contribution in [2.75, 3.05) is 46.3 Å². The molecule has 2 aliphatic heterocycles. The Kier molecular flexibility index (Phi) is 4.74. The first-order valence-corrected chi connectivity index (χ1v) is 7.12. The molecule has 2 saturated heterocycles. The summed E-state index contributed by atoms with van der Waals surface area (Å²) in [5, 5.41) is 3.34. The van der Waals surface area contributed by atoms with E-state index in [1.165, 1.54) is 0 Å². The van der Waals surface area contributed by atoms with Crippen molar-refractivity contribution < 1.29 is 13.2 Å². The number of rotatable bonds is 2. The lowest BCUT2D eigenvalue weighted by atomic mass is 9.86.